The third-order valence-electron chi connectivity index (χ3n) is 5.14. The molecular formula is C18H27N3O3S. The molecule has 1 aromatic carbocycles. The van der Waals surface area contributed by atoms with Gasteiger partial charge in [0.1, 0.15) is 0 Å². The van der Waals surface area contributed by atoms with E-state index in [0.717, 1.165) is 45.2 Å². The zero-order chi connectivity index (χ0) is 17.9. The second-order valence-electron chi connectivity index (χ2n) is 6.98. The van der Waals surface area contributed by atoms with E-state index < -0.39 is 10.0 Å². The molecular weight excluding hydrogens is 338 g/mol. The van der Waals surface area contributed by atoms with Gasteiger partial charge in [-0.2, -0.15) is 4.31 Å². The Balaban J connectivity index is 1.69. The number of nitrogens with zero attached hydrogens (tertiary/aromatic N) is 1. The predicted molar refractivity (Wildman–Crippen MR) is 97.0 cm³/mol. The van der Waals surface area contributed by atoms with Crippen molar-refractivity contribution in [1.82, 2.24) is 14.9 Å². The normalized spacial score (nSPS) is 23.3. The maximum atomic E-state index is 12.8. The minimum absolute atomic E-state index is 0.0293. The molecule has 6 nitrogen and oxygen atoms in total. The topological polar surface area (TPSA) is 78.5 Å². The molecule has 0 radical (unpaired) electrons. The molecule has 2 aliphatic rings. The van der Waals surface area contributed by atoms with Crippen LogP contribution in [0.1, 0.15) is 49.4 Å². The van der Waals surface area contributed by atoms with Crippen molar-refractivity contribution >= 4 is 15.9 Å². The van der Waals surface area contributed by atoms with E-state index in [2.05, 4.69) is 10.6 Å². The van der Waals surface area contributed by atoms with Crippen molar-refractivity contribution in [1.29, 1.82) is 0 Å². The van der Waals surface area contributed by atoms with Gasteiger partial charge in [0.2, 0.25) is 10.0 Å². The molecule has 2 fully saturated rings. The highest BCUT2D eigenvalue weighted by molar-refractivity contribution is 7.89. The van der Waals surface area contributed by atoms with Gasteiger partial charge in [0.15, 0.2) is 0 Å². The maximum absolute atomic E-state index is 12.8. The highest BCUT2D eigenvalue weighted by Crippen LogP contribution is 2.25. The summed E-state index contributed by atoms with van der Waals surface area (Å²) in [5.74, 6) is -0.137. The highest BCUT2D eigenvalue weighted by atomic mass is 32.2. The lowest BCUT2D eigenvalue weighted by molar-refractivity contribution is 0.0929. The number of hydrogen-bond donors (Lipinski definition) is 2. The quantitative estimate of drug-likeness (QED) is 0.852. The van der Waals surface area contributed by atoms with Crippen molar-refractivity contribution in [3.8, 4) is 0 Å². The van der Waals surface area contributed by atoms with E-state index >= 15 is 0 Å². The molecule has 1 aromatic rings. The van der Waals surface area contributed by atoms with Gasteiger partial charge in [-0.15, -0.1) is 0 Å². The Morgan fingerprint density at radius 2 is 1.80 bits per heavy atom. The first kappa shape index (κ1) is 18.4. The molecule has 2 saturated heterocycles. The van der Waals surface area contributed by atoms with Gasteiger partial charge >= 0.3 is 0 Å². The van der Waals surface area contributed by atoms with Crippen LogP contribution < -0.4 is 10.6 Å². The van der Waals surface area contributed by atoms with E-state index in [1.165, 1.54) is 0 Å². The van der Waals surface area contributed by atoms with Crippen LogP contribution in [0.25, 0.3) is 0 Å². The molecule has 0 aromatic heterocycles. The second kappa shape index (κ2) is 7.85. The summed E-state index contributed by atoms with van der Waals surface area (Å²) in [5.41, 5.74) is 0.504. The molecule has 25 heavy (non-hydrogen) atoms. The average molecular weight is 365 g/mol. The molecule has 1 atom stereocenters. The smallest absolute Gasteiger partial charge is 0.251 e. The first-order valence-corrected chi connectivity index (χ1v) is 10.6. The zero-order valence-electron chi connectivity index (χ0n) is 14.7. The van der Waals surface area contributed by atoms with Gasteiger partial charge in [-0.1, -0.05) is 6.42 Å². The Kier molecular flexibility index (Phi) is 5.76. The van der Waals surface area contributed by atoms with E-state index in [1.807, 2.05) is 6.92 Å². The average Bonchev–Trinajstić information content (AvgIpc) is 2.63. The Hall–Kier alpha value is -1.44. The van der Waals surface area contributed by atoms with Gasteiger partial charge in [0, 0.05) is 24.2 Å². The summed E-state index contributed by atoms with van der Waals surface area (Å²) >= 11 is 0. The second-order valence-corrected chi connectivity index (χ2v) is 8.87. The number of amides is 1. The van der Waals surface area contributed by atoms with Crippen LogP contribution in [-0.4, -0.2) is 50.3 Å². The molecule has 0 saturated carbocycles. The summed E-state index contributed by atoms with van der Waals surface area (Å²) in [7, 11) is -3.49. The van der Waals surface area contributed by atoms with Crippen LogP contribution in [0.3, 0.4) is 0 Å². The number of carbonyl (C=O) groups excluding carboxylic acids is 1. The van der Waals surface area contributed by atoms with Crippen LogP contribution in [0, 0.1) is 0 Å². The molecule has 0 bridgehead atoms. The lowest BCUT2D eigenvalue weighted by Gasteiger charge is -2.32. The summed E-state index contributed by atoms with van der Waals surface area (Å²) in [6.45, 7) is 4.35. The SMILES string of the molecule is CC1CCCCN1S(=O)(=O)c1ccc(C(=O)NC2CCNCC2)cc1. The molecule has 2 aliphatic heterocycles. The number of nitrogens with one attached hydrogen (secondary N) is 2. The van der Waals surface area contributed by atoms with Gasteiger partial charge < -0.3 is 10.6 Å². The Labute approximate surface area is 150 Å². The fourth-order valence-electron chi connectivity index (χ4n) is 3.58. The molecule has 7 heteroatoms. The fourth-order valence-corrected chi connectivity index (χ4v) is 5.28. The standard InChI is InChI=1S/C18H27N3O3S/c1-14-4-2-3-13-21(14)25(23,24)17-7-5-15(6-8-17)18(22)20-16-9-11-19-12-10-16/h5-8,14,16,19H,2-4,9-13H2,1H3,(H,20,22). The molecule has 138 valence electrons. The van der Waals surface area contributed by atoms with E-state index in [4.69, 9.17) is 0 Å². The Morgan fingerprint density at radius 1 is 1.12 bits per heavy atom. The molecule has 3 rings (SSSR count). The van der Waals surface area contributed by atoms with Crippen molar-refractivity contribution in [2.75, 3.05) is 19.6 Å². The molecule has 0 spiro atoms. The van der Waals surface area contributed by atoms with E-state index in [-0.39, 0.29) is 22.9 Å². The largest absolute Gasteiger partial charge is 0.349 e. The summed E-state index contributed by atoms with van der Waals surface area (Å²) < 4.78 is 27.2. The fraction of sp³-hybridized carbons (Fsp3) is 0.611. The molecule has 0 aliphatic carbocycles. The Bertz CT molecular complexity index is 697. The van der Waals surface area contributed by atoms with E-state index in [1.54, 1.807) is 28.6 Å². The molecule has 2 N–H and O–H groups in total. The number of hydrogen-bond acceptors (Lipinski definition) is 4. The summed E-state index contributed by atoms with van der Waals surface area (Å²) in [5, 5.41) is 6.29. The van der Waals surface area contributed by atoms with Crippen molar-refractivity contribution in [3.63, 3.8) is 0 Å². The third kappa shape index (κ3) is 4.22. The number of benzene rings is 1. The molecule has 1 unspecified atom stereocenters. The van der Waals surface area contributed by atoms with Crippen molar-refractivity contribution in [2.45, 2.75) is 56.0 Å². The maximum Gasteiger partial charge on any atom is 0.251 e. The number of piperidine rings is 2. The summed E-state index contributed by atoms with van der Waals surface area (Å²) in [6, 6.07) is 6.53. The first-order chi connectivity index (χ1) is 12.0. The lowest BCUT2D eigenvalue weighted by atomic mass is 10.1. The van der Waals surface area contributed by atoms with Gasteiger partial charge in [-0.3, -0.25) is 4.79 Å². The van der Waals surface area contributed by atoms with Gasteiger partial charge in [-0.25, -0.2) is 8.42 Å². The van der Waals surface area contributed by atoms with Crippen LogP contribution in [0.5, 0.6) is 0 Å². The number of rotatable bonds is 4. The van der Waals surface area contributed by atoms with Crippen LogP contribution in [0.2, 0.25) is 0 Å². The van der Waals surface area contributed by atoms with Gasteiger partial charge in [0.05, 0.1) is 4.90 Å². The van der Waals surface area contributed by atoms with Crippen LogP contribution in [-0.2, 0) is 10.0 Å². The van der Waals surface area contributed by atoms with Crippen molar-refractivity contribution in [2.24, 2.45) is 0 Å². The zero-order valence-corrected chi connectivity index (χ0v) is 15.5. The third-order valence-corrected chi connectivity index (χ3v) is 7.17. The lowest BCUT2D eigenvalue weighted by Crippen LogP contribution is -2.42. The van der Waals surface area contributed by atoms with Crippen molar-refractivity contribution in [3.05, 3.63) is 29.8 Å². The van der Waals surface area contributed by atoms with Gasteiger partial charge in [-0.05, 0) is 70.0 Å². The molecule has 1 amide bonds. The first-order valence-electron chi connectivity index (χ1n) is 9.12. The molecule has 2 heterocycles. The predicted octanol–water partition coefficient (Wildman–Crippen LogP) is 1.73. The number of carbonyl (C=O) groups is 1. The van der Waals surface area contributed by atoms with Crippen LogP contribution in [0.4, 0.5) is 0 Å². The summed E-state index contributed by atoms with van der Waals surface area (Å²) in [6.07, 6.45) is 4.72. The highest BCUT2D eigenvalue weighted by Gasteiger charge is 2.31. The minimum atomic E-state index is -3.49. The van der Waals surface area contributed by atoms with Crippen LogP contribution in [0.15, 0.2) is 29.2 Å². The Morgan fingerprint density at radius 3 is 2.44 bits per heavy atom. The van der Waals surface area contributed by atoms with E-state index in [9.17, 15) is 13.2 Å². The van der Waals surface area contributed by atoms with Crippen molar-refractivity contribution < 1.29 is 13.2 Å². The minimum Gasteiger partial charge on any atom is -0.349 e. The summed E-state index contributed by atoms with van der Waals surface area (Å²) in [4.78, 5) is 12.6. The van der Waals surface area contributed by atoms with E-state index in [0.29, 0.717) is 12.1 Å². The monoisotopic (exact) mass is 365 g/mol. The number of sulfonamides is 1. The van der Waals surface area contributed by atoms with Crippen LogP contribution >= 0.6 is 0 Å². The van der Waals surface area contributed by atoms with Gasteiger partial charge in [0.25, 0.3) is 5.91 Å².